The molecule has 0 unspecified atom stereocenters. The van der Waals surface area contributed by atoms with Crippen LogP contribution in [0, 0.1) is 0 Å². The van der Waals surface area contributed by atoms with Crippen LogP contribution in [0.1, 0.15) is 12.8 Å². The van der Waals surface area contributed by atoms with Crippen molar-refractivity contribution in [3.63, 3.8) is 0 Å². The van der Waals surface area contributed by atoms with Gasteiger partial charge in [-0.1, -0.05) is 60.7 Å². The molecule has 4 rings (SSSR count). The van der Waals surface area contributed by atoms with Gasteiger partial charge < -0.3 is 0 Å². The summed E-state index contributed by atoms with van der Waals surface area (Å²) < 4.78 is 0. The Labute approximate surface area is 164 Å². The topological polar surface area (TPSA) is 0 Å². The maximum absolute atomic E-state index is 2.31. The van der Waals surface area contributed by atoms with Crippen LogP contribution in [0.15, 0.2) is 94.7 Å². The number of rotatable bonds is 7. The second-order valence-electron chi connectivity index (χ2n) is 6.42. The molecule has 0 nitrogen and oxygen atoms in total. The van der Waals surface area contributed by atoms with Crippen LogP contribution in [0.4, 0.5) is 0 Å². The highest BCUT2D eigenvalue weighted by Gasteiger charge is 1.99. The Morgan fingerprint density at radius 3 is 1.35 bits per heavy atom. The largest absolute Gasteiger partial charge is 0.126 e. The van der Waals surface area contributed by atoms with Gasteiger partial charge in [0.05, 0.1) is 0 Å². The van der Waals surface area contributed by atoms with Gasteiger partial charge in [-0.2, -0.15) is 0 Å². The van der Waals surface area contributed by atoms with Crippen molar-refractivity contribution in [2.45, 2.75) is 22.6 Å². The minimum absolute atomic E-state index is 1.19. The monoisotopic (exact) mass is 374 g/mol. The third-order valence-electron chi connectivity index (χ3n) is 4.52. The molecule has 0 saturated heterocycles. The second kappa shape index (κ2) is 8.66. The smallest absolute Gasteiger partial charge is 0.00783 e. The molecule has 0 saturated carbocycles. The van der Waals surface area contributed by atoms with E-state index in [4.69, 9.17) is 0 Å². The maximum Gasteiger partial charge on any atom is 0.00783 e. The van der Waals surface area contributed by atoms with Gasteiger partial charge in [-0.15, -0.1) is 23.5 Å². The molecule has 26 heavy (non-hydrogen) atoms. The van der Waals surface area contributed by atoms with Crippen molar-refractivity contribution >= 4 is 45.1 Å². The molecule has 0 spiro atoms. The minimum Gasteiger partial charge on any atom is -0.126 e. The average Bonchev–Trinajstić information content (AvgIpc) is 2.70. The van der Waals surface area contributed by atoms with E-state index in [0.29, 0.717) is 0 Å². The predicted molar refractivity (Wildman–Crippen MR) is 119 cm³/mol. The van der Waals surface area contributed by atoms with Crippen LogP contribution in [-0.4, -0.2) is 11.5 Å². The molecule has 0 aliphatic rings. The van der Waals surface area contributed by atoms with E-state index in [1.54, 1.807) is 0 Å². The average molecular weight is 375 g/mol. The zero-order chi connectivity index (χ0) is 17.6. The first-order valence-electron chi connectivity index (χ1n) is 9.12. The summed E-state index contributed by atoms with van der Waals surface area (Å²) in [6.07, 6.45) is 2.52. The summed E-state index contributed by atoms with van der Waals surface area (Å²) in [6.45, 7) is 0. The molecule has 0 heterocycles. The fourth-order valence-electron chi connectivity index (χ4n) is 3.10. The molecule has 0 aromatic heterocycles. The maximum atomic E-state index is 2.31. The van der Waals surface area contributed by atoms with Crippen molar-refractivity contribution in [1.82, 2.24) is 0 Å². The molecular weight excluding hydrogens is 352 g/mol. The number of fused-ring (bicyclic) bond motifs is 2. The highest BCUT2D eigenvalue weighted by atomic mass is 32.2. The highest BCUT2D eigenvalue weighted by Crippen LogP contribution is 2.26. The van der Waals surface area contributed by atoms with Crippen LogP contribution in [-0.2, 0) is 0 Å². The third kappa shape index (κ3) is 4.44. The minimum atomic E-state index is 1.19. The van der Waals surface area contributed by atoms with E-state index >= 15 is 0 Å². The zero-order valence-electron chi connectivity index (χ0n) is 14.7. The number of hydrogen-bond donors (Lipinski definition) is 0. The van der Waals surface area contributed by atoms with Gasteiger partial charge in [-0.05, 0) is 70.2 Å². The summed E-state index contributed by atoms with van der Waals surface area (Å²) >= 11 is 3.95. The van der Waals surface area contributed by atoms with Gasteiger partial charge in [0.1, 0.15) is 0 Å². The molecule has 2 heteroatoms. The van der Waals surface area contributed by atoms with Gasteiger partial charge in [0.25, 0.3) is 0 Å². The summed E-state index contributed by atoms with van der Waals surface area (Å²) in [4.78, 5) is 2.76. The molecule has 0 N–H and O–H groups in total. The van der Waals surface area contributed by atoms with E-state index < -0.39 is 0 Å². The fraction of sp³-hybridized carbons (Fsp3) is 0.167. The van der Waals surface area contributed by atoms with Gasteiger partial charge in [-0.3, -0.25) is 0 Å². The first kappa shape index (κ1) is 17.5. The van der Waals surface area contributed by atoms with Crippen LogP contribution >= 0.6 is 23.5 Å². The molecule has 0 radical (unpaired) electrons. The Morgan fingerprint density at radius 1 is 0.462 bits per heavy atom. The van der Waals surface area contributed by atoms with Gasteiger partial charge in [-0.25, -0.2) is 0 Å². The first-order valence-corrected chi connectivity index (χ1v) is 11.1. The summed E-state index contributed by atoms with van der Waals surface area (Å²) in [5.74, 6) is 2.38. The number of unbranched alkanes of at least 4 members (excludes halogenated alkanes) is 1. The van der Waals surface area contributed by atoms with E-state index in [0.717, 1.165) is 0 Å². The summed E-state index contributed by atoms with van der Waals surface area (Å²) in [5.41, 5.74) is 0. The van der Waals surface area contributed by atoms with Gasteiger partial charge >= 0.3 is 0 Å². The summed E-state index contributed by atoms with van der Waals surface area (Å²) in [7, 11) is 0. The lowest BCUT2D eigenvalue weighted by atomic mass is 10.1. The van der Waals surface area contributed by atoms with Crippen LogP contribution in [0.2, 0.25) is 0 Å². The molecule has 0 fully saturated rings. The zero-order valence-corrected chi connectivity index (χ0v) is 16.4. The number of hydrogen-bond acceptors (Lipinski definition) is 2. The van der Waals surface area contributed by atoms with Crippen molar-refractivity contribution in [3.8, 4) is 0 Å². The first-order chi connectivity index (χ1) is 12.9. The predicted octanol–water partition coefficient (Wildman–Crippen LogP) is 7.66. The fourth-order valence-corrected chi connectivity index (χ4v) is 5.02. The van der Waals surface area contributed by atoms with E-state index in [2.05, 4.69) is 84.9 Å². The van der Waals surface area contributed by atoms with E-state index in [1.165, 1.54) is 55.7 Å². The molecule has 4 aromatic rings. The molecule has 0 atom stereocenters. The van der Waals surface area contributed by atoms with Crippen molar-refractivity contribution in [2.24, 2.45) is 0 Å². The van der Waals surface area contributed by atoms with Crippen molar-refractivity contribution in [1.29, 1.82) is 0 Å². The van der Waals surface area contributed by atoms with Crippen LogP contribution in [0.3, 0.4) is 0 Å². The lowest BCUT2D eigenvalue weighted by molar-refractivity contribution is 0.907. The summed E-state index contributed by atoms with van der Waals surface area (Å²) in [5, 5.41) is 5.32. The Kier molecular flexibility index (Phi) is 5.83. The molecule has 0 aliphatic carbocycles. The molecular formula is C24H22S2. The third-order valence-corrected chi connectivity index (χ3v) is 6.68. The van der Waals surface area contributed by atoms with E-state index in [9.17, 15) is 0 Å². The van der Waals surface area contributed by atoms with Crippen molar-refractivity contribution < 1.29 is 0 Å². The van der Waals surface area contributed by atoms with Gasteiger partial charge in [0.2, 0.25) is 0 Å². The quantitative estimate of drug-likeness (QED) is 0.240. The van der Waals surface area contributed by atoms with Crippen LogP contribution < -0.4 is 0 Å². The normalized spacial score (nSPS) is 11.2. The van der Waals surface area contributed by atoms with Crippen molar-refractivity contribution in [3.05, 3.63) is 84.9 Å². The Morgan fingerprint density at radius 2 is 0.885 bits per heavy atom. The second-order valence-corrected chi connectivity index (χ2v) is 8.76. The standard InChI is InChI=1S/C24H22S2/c1-3-9-21-17-23(13-11-19(21)7-1)25-15-5-6-16-26-24-14-12-20-8-2-4-10-22(20)18-24/h1-4,7-14,17-18H,5-6,15-16H2. The molecule has 130 valence electrons. The highest BCUT2D eigenvalue weighted by molar-refractivity contribution is 7.99. The molecule has 0 amide bonds. The van der Waals surface area contributed by atoms with Crippen LogP contribution in [0.5, 0.6) is 0 Å². The Balaban J connectivity index is 1.22. The lowest BCUT2D eigenvalue weighted by Gasteiger charge is -2.05. The molecule has 4 aromatic carbocycles. The number of thioether (sulfide) groups is 2. The Hall–Kier alpha value is -1.90. The van der Waals surface area contributed by atoms with Crippen LogP contribution in [0.25, 0.3) is 21.5 Å². The molecule has 0 aliphatic heterocycles. The Bertz CT molecular complexity index is 924. The van der Waals surface area contributed by atoms with Gasteiger partial charge in [0, 0.05) is 9.79 Å². The van der Waals surface area contributed by atoms with E-state index in [-0.39, 0.29) is 0 Å². The molecule has 0 bridgehead atoms. The summed E-state index contributed by atoms with van der Waals surface area (Å²) in [6, 6.07) is 30.7. The lowest BCUT2D eigenvalue weighted by Crippen LogP contribution is -1.85. The number of benzene rings is 4. The van der Waals surface area contributed by atoms with Gasteiger partial charge in [0.15, 0.2) is 0 Å². The SMILES string of the molecule is c1ccc2cc(SCCCCSc3ccc4ccccc4c3)ccc2c1. The van der Waals surface area contributed by atoms with E-state index in [1.807, 2.05) is 23.5 Å². The van der Waals surface area contributed by atoms with Crippen molar-refractivity contribution in [2.75, 3.05) is 11.5 Å².